The monoisotopic (exact) mass is 265 g/mol. The van der Waals surface area contributed by atoms with Gasteiger partial charge in [-0.05, 0) is 24.8 Å². The third kappa shape index (κ3) is 3.19. The Morgan fingerprint density at radius 2 is 2.39 bits per heavy atom. The molecule has 0 aromatic carbocycles. The van der Waals surface area contributed by atoms with Crippen LogP contribution in [0.25, 0.3) is 10.6 Å². The van der Waals surface area contributed by atoms with Gasteiger partial charge in [-0.25, -0.2) is 0 Å². The summed E-state index contributed by atoms with van der Waals surface area (Å²) >= 11 is 1.69. The summed E-state index contributed by atoms with van der Waals surface area (Å²) in [5, 5.41) is 22.4. The molecular formula is C13H19N3OS. The molecule has 0 amide bonds. The molecule has 0 aliphatic carbocycles. The number of aromatic amines is 1. The molecule has 4 nitrogen and oxygen atoms in total. The van der Waals surface area contributed by atoms with Crippen molar-refractivity contribution in [2.24, 2.45) is 0 Å². The van der Waals surface area contributed by atoms with Crippen LogP contribution in [0.1, 0.15) is 25.8 Å². The standard InChI is InChI=1S/C13H19N3OS/c1-3-13(2,17)9-14-7-10-8-15-16-12(10)11-5-4-6-18-11/h4-6,8,14,17H,3,7,9H2,1-2H3,(H,15,16). The predicted molar refractivity (Wildman–Crippen MR) is 74.5 cm³/mol. The first-order valence-corrected chi connectivity index (χ1v) is 6.99. The van der Waals surface area contributed by atoms with Crippen LogP contribution in [-0.4, -0.2) is 27.4 Å². The maximum atomic E-state index is 9.92. The van der Waals surface area contributed by atoms with Gasteiger partial charge in [-0.3, -0.25) is 5.10 Å². The van der Waals surface area contributed by atoms with Crippen LogP contribution < -0.4 is 5.32 Å². The Balaban J connectivity index is 1.97. The van der Waals surface area contributed by atoms with E-state index >= 15 is 0 Å². The van der Waals surface area contributed by atoms with Crippen molar-refractivity contribution >= 4 is 11.3 Å². The third-order valence-electron chi connectivity index (χ3n) is 3.07. The Bertz CT molecular complexity index is 476. The van der Waals surface area contributed by atoms with E-state index in [9.17, 15) is 5.11 Å². The van der Waals surface area contributed by atoms with Crippen molar-refractivity contribution < 1.29 is 5.11 Å². The Morgan fingerprint density at radius 1 is 1.56 bits per heavy atom. The molecule has 0 bridgehead atoms. The van der Waals surface area contributed by atoms with E-state index in [1.165, 1.54) is 4.88 Å². The zero-order valence-electron chi connectivity index (χ0n) is 10.7. The van der Waals surface area contributed by atoms with E-state index in [1.54, 1.807) is 11.3 Å². The number of thiophene rings is 1. The fourth-order valence-electron chi connectivity index (χ4n) is 1.67. The van der Waals surface area contributed by atoms with Gasteiger partial charge in [0.1, 0.15) is 0 Å². The van der Waals surface area contributed by atoms with E-state index in [2.05, 4.69) is 27.0 Å². The number of nitrogens with one attached hydrogen (secondary N) is 2. The fraction of sp³-hybridized carbons (Fsp3) is 0.462. The molecule has 0 aliphatic rings. The molecule has 18 heavy (non-hydrogen) atoms. The molecule has 2 aromatic heterocycles. The smallest absolute Gasteiger partial charge is 0.0794 e. The van der Waals surface area contributed by atoms with E-state index in [1.807, 2.05) is 26.1 Å². The summed E-state index contributed by atoms with van der Waals surface area (Å²) in [5.74, 6) is 0. The molecule has 2 aromatic rings. The van der Waals surface area contributed by atoms with Gasteiger partial charge in [0, 0.05) is 18.7 Å². The molecule has 0 aliphatic heterocycles. The second kappa shape index (κ2) is 5.65. The number of hydrogen-bond donors (Lipinski definition) is 3. The summed E-state index contributed by atoms with van der Waals surface area (Å²) in [5.41, 5.74) is 1.55. The normalized spacial score (nSPS) is 14.6. The van der Waals surface area contributed by atoms with E-state index in [4.69, 9.17) is 0 Å². The highest BCUT2D eigenvalue weighted by molar-refractivity contribution is 7.13. The predicted octanol–water partition coefficient (Wildman–Crippen LogP) is 2.39. The highest BCUT2D eigenvalue weighted by atomic mass is 32.1. The minimum atomic E-state index is -0.646. The van der Waals surface area contributed by atoms with Crippen molar-refractivity contribution in [3.63, 3.8) is 0 Å². The minimum absolute atomic E-state index is 0.582. The van der Waals surface area contributed by atoms with Crippen LogP contribution in [0, 0.1) is 0 Å². The topological polar surface area (TPSA) is 60.9 Å². The lowest BCUT2D eigenvalue weighted by Gasteiger charge is -2.21. The molecule has 1 atom stereocenters. The first-order chi connectivity index (χ1) is 8.62. The van der Waals surface area contributed by atoms with Crippen LogP contribution in [0.15, 0.2) is 23.7 Å². The van der Waals surface area contributed by atoms with Crippen molar-refractivity contribution in [2.45, 2.75) is 32.4 Å². The van der Waals surface area contributed by atoms with Gasteiger partial charge in [0.25, 0.3) is 0 Å². The Kier molecular flexibility index (Phi) is 4.16. The summed E-state index contributed by atoms with van der Waals surface area (Å²) in [6, 6.07) is 4.10. The molecule has 0 fully saturated rings. The molecule has 5 heteroatoms. The lowest BCUT2D eigenvalue weighted by Crippen LogP contribution is -2.36. The summed E-state index contributed by atoms with van der Waals surface area (Å²) in [4.78, 5) is 1.19. The number of H-pyrrole nitrogens is 1. The maximum absolute atomic E-state index is 9.92. The van der Waals surface area contributed by atoms with Gasteiger partial charge in [0.15, 0.2) is 0 Å². The van der Waals surface area contributed by atoms with E-state index in [0.717, 1.165) is 17.7 Å². The lowest BCUT2D eigenvalue weighted by atomic mass is 10.0. The van der Waals surface area contributed by atoms with Gasteiger partial charge in [0.2, 0.25) is 0 Å². The SMILES string of the molecule is CCC(C)(O)CNCc1cn[nH]c1-c1cccs1. The van der Waals surface area contributed by atoms with E-state index in [0.29, 0.717) is 13.1 Å². The zero-order chi connectivity index (χ0) is 13.0. The van der Waals surface area contributed by atoms with Gasteiger partial charge in [-0.15, -0.1) is 11.3 Å². The molecule has 0 saturated heterocycles. The quantitative estimate of drug-likeness (QED) is 0.751. The lowest BCUT2D eigenvalue weighted by molar-refractivity contribution is 0.0556. The number of aliphatic hydroxyl groups is 1. The largest absolute Gasteiger partial charge is 0.389 e. The molecular weight excluding hydrogens is 246 g/mol. The van der Waals surface area contributed by atoms with Crippen LogP contribution in [0.3, 0.4) is 0 Å². The fourth-order valence-corrected chi connectivity index (χ4v) is 2.43. The summed E-state index contributed by atoms with van der Waals surface area (Å²) < 4.78 is 0. The molecule has 2 rings (SSSR count). The number of nitrogens with zero attached hydrogens (tertiary/aromatic N) is 1. The van der Waals surface area contributed by atoms with E-state index in [-0.39, 0.29) is 0 Å². The molecule has 0 spiro atoms. The Hall–Kier alpha value is -1.17. The van der Waals surface area contributed by atoms with E-state index < -0.39 is 5.60 Å². The second-order valence-electron chi connectivity index (χ2n) is 4.70. The second-order valence-corrected chi connectivity index (χ2v) is 5.65. The third-order valence-corrected chi connectivity index (χ3v) is 3.96. The molecule has 2 heterocycles. The minimum Gasteiger partial charge on any atom is -0.389 e. The number of aromatic nitrogens is 2. The summed E-state index contributed by atoms with van der Waals surface area (Å²) in [6.07, 6.45) is 2.58. The number of rotatable bonds is 6. The number of hydrogen-bond acceptors (Lipinski definition) is 4. The van der Waals surface area contributed by atoms with Gasteiger partial charge in [-0.2, -0.15) is 5.10 Å². The van der Waals surface area contributed by atoms with Crippen molar-refractivity contribution in [3.05, 3.63) is 29.3 Å². The Labute approximate surface area is 111 Å². The van der Waals surface area contributed by atoms with Crippen molar-refractivity contribution in [3.8, 4) is 10.6 Å². The molecule has 1 unspecified atom stereocenters. The van der Waals surface area contributed by atoms with Crippen LogP contribution >= 0.6 is 11.3 Å². The molecule has 3 N–H and O–H groups in total. The summed E-state index contributed by atoms with van der Waals surface area (Å²) in [7, 11) is 0. The van der Waals surface area contributed by atoms with Gasteiger partial charge < -0.3 is 10.4 Å². The molecule has 98 valence electrons. The maximum Gasteiger partial charge on any atom is 0.0794 e. The van der Waals surface area contributed by atoms with Crippen LogP contribution in [0.4, 0.5) is 0 Å². The van der Waals surface area contributed by atoms with Crippen molar-refractivity contribution in [2.75, 3.05) is 6.54 Å². The average Bonchev–Trinajstić information content (AvgIpc) is 2.98. The van der Waals surface area contributed by atoms with Gasteiger partial charge in [0.05, 0.1) is 22.4 Å². The Morgan fingerprint density at radius 3 is 3.06 bits per heavy atom. The molecule has 0 saturated carbocycles. The zero-order valence-corrected chi connectivity index (χ0v) is 11.5. The average molecular weight is 265 g/mol. The van der Waals surface area contributed by atoms with Crippen LogP contribution in [0.5, 0.6) is 0 Å². The van der Waals surface area contributed by atoms with Gasteiger partial charge >= 0.3 is 0 Å². The first-order valence-electron chi connectivity index (χ1n) is 6.11. The summed E-state index contributed by atoms with van der Waals surface area (Å²) in [6.45, 7) is 5.12. The first kappa shape index (κ1) is 13.3. The van der Waals surface area contributed by atoms with Gasteiger partial charge in [-0.1, -0.05) is 13.0 Å². The van der Waals surface area contributed by atoms with Crippen molar-refractivity contribution in [1.82, 2.24) is 15.5 Å². The molecule has 0 radical (unpaired) electrons. The van der Waals surface area contributed by atoms with Crippen molar-refractivity contribution in [1.29, 1.82) is 0 Å². The van der Waals surface area contributed by atoms with Crippen LogP contribution in [-0.2, 0) is 6.54 Å². The highest BCUT2D eigenvalue weighted by Gasteiger charge is 2.17. The highest BCUT2D eigenvalue weighted by Crippen LogP contribution is 2.25. The van der Waals surface area contributed by atoms with Crippen LogP contribution in [0.2, 0.25) is 0 Å².